The lowest BCUT2D eigenvalue weighted by Gasteiger charge is -2.35. The van der Waals surface area contributed by atoms with E-state index in [1.54, 1.807) is 0 Å². The number of hydrogen-bond acceptors (Lipinski definition) is 5. The minimum absolute atomic E-state index is 0.0282. The number of nitrogens with one attached hydrogen (secondary N) is 2. The van der Waals surface area contributed by atoms with Crippen molar-refractivity contribution in [2.45, 2.75) is 25.0 Å². The summed E-state index contributed by atoms with van der Waals surface area (Å²) in [6, 6.07) is -0.0302. The second kappa shape index (κ2) is 6.69. The molecule has 0 radical (unpaired) electrons. The average Bonchev–Trinajstić information content (AvgIpc) is 2.83. The molecule has 0 bridgehead atoms. The van der Waals surface area contributed by atoms with Crippen molar-refractivity contribution in [1.29, 1.82) is 0 Å². The summed E-state index contributed by atoms with van der Waals surface area (Å²) in [6.07, 6.45) is 2.36. The summed E-state index contributed by atoms with van der Waals surface area (Å²) < 4.78 is 5.67. The SMILES string of the molecule is O=C(O)CONC(=O)NCC1CN2CCCC2CO1. The summed E-state index contributed by atoms with van der Waals surface area (Å²) in [6.45, 7) is 2.44. The van der Waals surface area contributed by atoms with Crippen LogP contribution < -0.4 is 10.8 Å². The number of carboxylic acid groups (broad SMARTS) is 1. The Morgan fingerprint density at radius 2 is 2.32 bits per heavy atom. The largest absolute Gasteiger partial charge is 0.479 e. The van der Waals surface area contributed by atoms with Gasteiger partial charge >= 0.3 is 12.0 Å². The number of carboxylic acids is 1. The van der Waals surface area contributed by atoms with Gasteiger partial charge in [-0.25, -0.2) is 15.1 Å². The number of ether oxygens (including phenoxy) is 1. The van der Waals surface area contributed by atoms with Gasteiger partial charge in [-0.15, -0.1) is 0 Å². The number of aliphatic carboxylic acids is 1. The first-order chi connectivity index (χ1) is 9.15. The van der Waals surface area contributed by atoms with Crippen molar-refractivity contribution in [3.05, 3.63) is 0 Å². The fraction of sp³-hybridized carbons (Fsp3) is 0.818. The van der Waals surface area contributed by atoms with Crippen LogP contribution in [0, 0.1) is 0 Å². The molecule has 19 heavy (non-hydrogen) atoms. The molecule has 0 aromatic heterocycles. The summed E-state index contributed by atoms with van der Waals surface area (Å²) >= 11 is 0. The van der Waals surface area contributed by atoms with E-state index in [4.69, 9.17) is 9.84 Å². The Labute approximate surface area is 111 Å². The molecule has 0 aromatic rings. The van der Waals surface area contributed by atoms with Gasteiger partial charge in [-0.1, -0.05) is 0 Å². The van der Waals surface area contributed by atoms with Crippen molar-refractivity contribution in [1.82, 2.24) is 15.7 Å². The van der Waals surface area contributed by atoms with Crippen LogP contribution in [0.5, 0.6) is 0 Å². The number of fused-ring (bicyclic) bond motifs is 1. The molecule has 3 N–H and O–H groups in total. The molecular formula is C11H19N3O5. The third-order valence-corrected chi connectivity index (χ3v) is 3.31. The van der Waals surface area contributed by atoms with Crippen molar-refractivity contribution in [3.63, 3.8) is 0 Å². The predicted octanol–water partition coefficient (Wildman–Crippen LogP) is -0.835. The quantitative estimate of drug-likeness (QED) is 0.565. The summed E-state index contributed by atoms with van der Waals surface area (Å²) in [5, 5.41) is 10.9. The number of hydrogen-bond donors (Lipinski definition) is 3. The van der Waals surface area contributed by atoms with E-state index in [1.165, 1.54) is 12.8 Å². The summed E-state index contributed by atoms with van der Waals surface area (Å²) in [4.78, 5) is 28.3. The molecule has 2 unspecified atom stereocenters. The topological polar surface area (TPSA) is 100 Å². The van der Waals surface area contributed by atoms with Gasteiger partial charge in [-0.2, -0.15) is 0 Å². The Morgan fingerprint density at radius 3 is 3.11 bits per heavy atom. The van der Waals surface area contributed by atoms with Crippen LogP contribution in [-0.4, -0.2) is 67.0 Å². The number of nitrogens with zero attached hydrogens (tertiary/aromatic N) is 1. The first-order valence-electron chi connectivity index (χ1n) is 6.38. The second-order valence-corrected chi connectivity index (χ2v) is 4.74. The monoisotopic (exact) mass is 273 g/mol. The van der Waals surface area contributed by atoms with Gasteiger partial charge in [0, 0.05) is 19.1 Å². The third-order valence-electron chi connectivity index (χ3n) is 3.31. The lowest BCUT2D eigenvalue weighted by molar-refractivity contribution is -0.144. The van der Waals surface area contributed by atoms with E-state index < -0.39 is 18.6 Å². The maximum absolute atomic E-state index is 11.3. The van der Waals surface area contributed by atoms with Gasteiger partial charge in [0.15, 0.2) is 6.61 Å². The van der Waals surface area contributed by atoms with Gasteiger partial charge in [0.25, 0.3) is 0 Å². The Hall–Kier alpha value is -1.38. The zero-order chi connectivity index (χ0) is 13.7. The van der Waals surface area contributed by atoms with Crippen LogP contribution >= 0.6 is 0 Å². The number of hydroxylamine groups is 1. The van der Waals surface area contributed by atoms with Crippen molar-refractivity contribution in [2.75, 3.05) is 32.8 Å². The number of urea groups is 1. The van der Waals surface area contributed by atoms with Gasteiger partial charge < -0.3 is 15.2 Å². The highest BCUT2D eigenvalue weighted by Crippen LogP contribution is 2.22. The number of morpholine rings is 1. The van der Waals surface area contributed by atoms with Gasteiger partial charge in [-0.05, 0) is 19.4 Å². The summed E-state index contributed by atoms with van der Waals surface area (Å²) in [7, 11) is 0. The van der Waals surface area contributed by atoms with Crippen molar-refractivity contribution in [3.8, 4) is 0 Å². The van der Waals surface area contributed by atoms with Crippen LogP contribution in [0.3, 0.4) is 0 Å². The maximum atomic E-state index is 11.3. The molecule has 2 amide bonds. The van der Waals surface area contributed by atoms with Crippen LogP contribution in [0.15, 0.2) is 0 Å². The van der Waals surface area contributed by atoms with Gasteiger partial charge in [0.05, 0.1) is 12.7 Å². The Kier molecular flexibility index (Phi) is 4.94. The van der Waals surface area contributed by atoms with Crippen LogP contribution in [0.4, 0.5) is 4.79 Å². The lowest BCUT2D eigenvalue weighted by atomic mass is 10.2. The standard InChI is InChI=1S/C11H19N3O5/c15-10(16)7-19-13-11(17)12-4-9-5-14-3-1-2-8(14)6-18-9/h8-9H,1-7H2,(H,15,16)(H2,12,13,17). The predicted molar refractivity (Wildman–Crippen MR) is 64.5 cm³/mol. The summed E-state index contributed by atoms with van der Waals surface area (Å²) in [5.41, 5.74) is 2.00. The number of carbonyl (C=O) groups excluding carboxylic acids is 1. The van der Waals surface area contributed by atoms with E-state index in [0.29, 0.717) is 19.2 Å². The molecule has 2 atom stereocenters. The van der Waals surface area contributed by atoms with Crippen molar-refractivity contribution >= 4 is 12.0 Å². The molecule has 2 heterocycles. The molecule has 2 rings (SSSR count). The van der Waals surface area contributed by atoms with E-state index in [0.717, 1.165) is 13.1 Å². The highest BCUT2D eigenvalue weighted by molar-refractivity contribution is 5.73. The highest BCUT2D eigenvalue weighted by Gasteiger charge is 2.32. The molecular weight excluding hydrogens is 254 g/mol. The Bertz CT molecular complexity index is 338. The molecule has 2 saturated heterocycles. The second-order valence-electron chi connectivity index (χ2n) is 4.74. The maximum Gasteiger partial charge on any atom is 0.338 e. The Morgan fingerprint density at radius 1 is 1.47 bits per heavy atom. The number of rotatable bonds is 5. The van der Waals surface area contributed by atoms with Crippen LogP contribution in [0.1, 0.15) is 12.8 Å². The molecule has 2 aliphatic heterocycles. The molecule has 2 fully saturated rings. The third kappa shape index (κ3) is 4.34. The Balaban J connectivity index is 1.60. The van der Waals surface area contributed by atoms with Crippen molar-refractivity contribution in [2.24, 2.45) is 0 Å². The van der Waals surface area contributed by atoms with E-state index in [2.05, 4.69) is 15.1 Å². The molecule has 8 heteroatoms. The minimum Gasteiger partial charge on any atom is -0.479 e. The van der Waals surface area contributed by atoms with E-state index >= 15 is 0 Å². The molecule has 8 nitrogen and oxygen atoms in total. The molecule has 2 aliphatic rings. The fourth-order valence-electron chi connectivity index (χ4n) is 2.42. The molecule has 108 valence electrons. The molecule has 0 aromatic carbocycles. The fourth-order valence-corrected chi connectivity index (χ4v) is 2.42. The van der Waals surface area contributed by atoms with Gasteiger partial charge in [-0.3, -0.25) is 9.74 Å². The highest BCUT2D eigenvalue weighted by atomic mass is 16.7. The van der Waals surface area contributed by atoms with Crippen LogP contribution in [-0.2, 0) is 14.4 Å². The minimum atomic E-state index is -1.14. The van der Waals surface area contributed by atoms with E-state index in [9.17, 15) is 9.59 Å². The molecule has 0 saturated carbocycles. The van der Waals surface area contributed by atoms with Crippen molar-refractivity contribution < 1.29 is 24.3 Å². The van der Waals surface area contributed by atoms with Gasteiger partial charge in [0.2, 0.25) is 0 Å². The lowest BCUT2D eigenvalue weighted by Crippen LogP contribution is -2.51. The number of amides is 2. The van der Waals surface area contributed by atoms with Crippen LogP contribution in [0.25, 0.3) is 0 Å². The normalized spacial score (nSPS) is 26.7. The van der Waals surface area contributed by atoms with E-state index in [-0.39, 0.29) is 6.10 Å². The van der Waals surface area contributed by atoms with E-state index in [1.807, 2.05) is 5.48 Å². The molecule has 0 aliphatic carbocycles. The zero-order valence-corrected chi connectivity index (χ0v) is 10.6. The smallest absolute Gasteiger partial charge is 0.338 e. The molecule has 0 spiro atoms. The average molecular weight is 273 g/mol. The zero-order valence-electron chi connectivity index (χ0n) is 10.6. The summed E-state index contributed by atoms with van der Waals surface area (Å²) in [5.74, 6) is -1.14. The van der Waals surface area contributed by atoms with Crippen LogP contribution in [0.2, 0.25) is 0 Å². The first-order valence-corrected chi connectivity index (χ1v) is 6.38. The number of carbonyl (C=O) groups is 2. The van der Waals surface area contributed by atoms with Gasteiger partial charge in [0.1, 0.15) is 0 Å². The first kappa shape index (κ1) is 14.0.